The molecule has 7 rings (SSSR count). The van der Waals surface area contributed by atoms with E-state index < -0.39 is 126 Å². The second-order valence-electron chi connectivity index (χ2n) is 15.3. The van der Waals surface area contributed by atoms with E-state index in [0.29, 0.717) is 0 Å². The van der Waals surface area contributed by atoms with Gasteiger partial charge >= 0.3 is 5.97 Å². The monoisotopic (exact) mass is 854 g/mol. The molecule has 20 heteroatoms. The van der Waals surface area contributed by atoms with E-state index >= 15 is 0 Å². The molecule has 2 aliphatic heterocycles. The van der Waals surface area contributed by atoms with Crippen molar-refractivity contribution < 1.29 is 88.5 Å². The van der Waals surface area contributed by atoms with Gasteiger partial charge in [0, 0.05) is 28.3 Å². The topological polar surface area (TPSA) is 310 Å². The van der Waals surface area contributed by atoms with Crippen LogP contribution in [0.25, 0.3) is 11.1 Å². The number of ketones is 2. The molecule has 0 bridgehead atoms. The largest absolute Gasteiger partial charge is 0.506 e. The first kappa shape index (κ1) is 43.8. The van der Waals surface area contributed by atoms with Crippen LogP contribution in [-0.4, -0.2) is 153 Å². The molecule has 12 atom stereocenters. The van der Waals surface area contributed by atoms with E-state index in [1.165, 1.54) is 46.3 Å². The number of aliphatic hydroxyl groups is 5. The van der Waals surface area contributed by atoms with Gasteiger partial charge in [-0.2, -0.15) is 0 Å². The van der Waals surface area contributed by atoms with Crippen molar-refractivity contribution in [2.45, 2.75) is 94.3 Å². The Bertz CT molecular complexity index is 2300. The summed E-state index contributed by atoms with van der Waals surface area (Å²) < 4.78 is 34.6. The summed E-state index contributed by atoms with van der Waals surface area (Å²) in [5, 5.41) is 93.9. The average molecular weight is 855 g/mol. The summed E-state index contributed by atoms with van der Waals surface area (Å²) in [5.41, 5.74) is -2.64. The Kier molecular flexibility index (Phi) is 11.9. The Morgan fingerprint density at radius 2 is 1.48 bits per heavy atom. The molecule has 2 fully saturated rings. The van der Waals surface area contributed by atoms with Crippen molar-refractivity contribution in [3.05, 3.63) is 68.8 Å². The number of ether oxygens (including phenoxy) is 6. The Labute approximate surface area is 347 Å². The summed E-state index contributed by atoms with van der Waals surface area (Å²) in [4.78, 5) is 53.8. The minimum atomic E-state index is -1.86. The highest BCUT2D eigenvalue weighted by molar-refractivity contribution is 6.31. The molecule has 0 saturated carbocycles. The number of aromatic hydroxyl groups is 2. The number of hydrogen-bond donors (Lipinski definition) is 10. The third-order valence-corrected chi connectivity index (χ3v) is 11.6. The van der Waals surface area contributed by atoms with Crippen LogP contribution < -0.4 is 20.1 Å². The van der Waals surface area contributed by atoms with Gasteiger partial charge in [-0.05, 0) is 56.6 Å². The lowest BCUT2D eigenvalue weighted by atomic mass is 9.74. The van der Waals surface area contributed by atoms with Crippen LogP contribution in [-0.2, 0) is 23.7 Å². The predicted molar refractivity (Wildman–Crippen MR) is 206 cm³/mol. The number of rotatable bonds is 10. The Hall–Kier alpha value is -5.26. The predicted octanol–water partition coefficient (Wildman–Crippen LogP) is -0.309. The fourth-order valence-corrected chi connectivity index (χ4v) is 8.44. The zero-order chi connectivity index (χ0) is 44.5. The van der Waals surface area contributed by atoms with E-state index in [-0.39, 0.29) is 56.0 Å². The summed E-state index contributed by atoms with van der Waals surface area (Å²) in [6, 6.07) is 2.93. The summed E-state index contributed by atoms with van der Waals surface area (Å²) in [6.07, 6.45) is -15.4. The molecule has 0 spiro atoms. The first-order valence-electron chi connectivity index (χ1n) is 19.2. The number of phenols is 2. The summed E-state index contributed by atoms with van der Waals surface area (Å²) in [6.45, 7) is 3.80. The SMILES string of the molecule is CN[C@@H]1[C@H](O[C@@H]2OC[C@@H](O)[C@H](O)[C@H]2O)[C@@H](O)[C@H](O[C@H]2c3cc(C)c(C(=O)N[C@H](C)C(=O)O)c(O)c3-c3c(cc4c(c3O)C(=O)c3cc(OC)cc(OC)c3C4=O)[C@@H]2O)O[C@@H]1C. The maximum atomic E-state index is 14.3. The highest BCUT2D eigenvalue weighted by atomic mass is 16.7. The number of carbonyl (C=O) groups excluding carboxylic acids is 3. The quantitative estimate of drug-likeness (QED) is 0.0978. The van der Waals surface area contributed by atoms with Gasteiger partial charge in [0.1, 0.15) is 71.8 Å². The van der Waals surface area contributed by atoms with Crippen molar-refractivity contribution in [2.75, 3.05) is 27.9 Å². The molecule has 2 heterocycles. The first-order chi connectivity index (χ1) is 28.9. The van der Waals surface area contributed by atoms with Crippen LogP contribution in [0.1, 0.15) is 84.9 Å². The van der Waals surface area contributed by atoms with Gasteiger partial charge in [-0.3, -0.25) is 19.2 Å². The molecule has 20 nitrogen and oxygen atoms in total. The standard InChI is InChI=1S/C41H46N2O18/c1-12-7-19-25(32(49)22(12)38(53)43-13(2)39(54)55)24-17(10-18-26(33(24)50)29(46)16-8-15(56-5)9-21(57-6)23(16)28(18)45)30(47)36(19)60-41-35(52)37(27(42-4)14(3)59-41)61-40-34(51)31(48)20(44)11-58-40/h7-10,13-14,20,27,30-31,34-37,40-42,44,47-52H,11H2,1-6H3,(H,43,53)(H,54,55)/t13-,14-,20-,27+,30+,31+,34-,35-,36+,37+,40+,41+/m1/s1. The number of fused-ring (bicyclic) bond motifs is 5. The number of aliphatic hydroxyl groups excluding tert-OH is 5. The number of methoxy groups -OCH3 is 2. The number of likely N-dealkylation sites (N-methyl/N-ethyl adjacent to an activating group) is 1. The molecule has 0 unspecified atom stereocenters. The number of carbonyl (C=O) groups is 4. The molecule has 2 aliphatic carbocycles. The van der Waals surface area contributed by atoms with Crippen LogP contribution in [0, 0.1) is 6.92 Å². The molecule has 0 radical (unpaired) electrons. The van der Waals surface area contributed by atoms with Crippen LogP contribution in [0.4, 0.5) is 0 Å². The van der Waals surface area contributed by atoms with Crippen molar-refractivity contribution in [3.8, 4) is 34.1 Å². The highest BCUT2D eigenvalue weighted by Crippen LogP contribution is 2.57. The second-order valence-corrected chi connectivity index (χ2v) is 15.3. The molecule has 3 aromatic rings. The maximum absolute atomic E-state index is 14.3. The molecule has 328 valence electrons. The lowest BCUT2D eigenvalue weighted by Crippen LogP contribution is -2.65. The van der Waals surface area contributed by atoms with Gasteiger partial charge in [-0.15, -0.1) is 0 Å². The van der Waals surface area contributed by atoms with Crippen LogP contribution >= 0.6 is 0 Å². The van der Waals surface area contributed by atoms with Gasteiger partial charge < -0.3 is 79.9 Å². The zero-order valence-electron chi connectivity index (χ0n) is 33.6. The smallest absolute Gasteiger partial charge is 0.325 e. The number of aryl methyl sites for hydroxylation is 1. The summed E-state index contributed by atoms with van der Waals surface area (Å²) >= 11 is 0. The van der Waals surface area contributed by atoms with Gasteiger partial charge in [0.2, 0.25) is 0 Å². The van der Waals surface area contributed by atoms with Gasteiger partial charge in [-0.25, -0.2) is 0 Å². The molecule has 2 saturated heterocycles. The van der Waals surface area contributed by atoms with Crippen molar-refractivity contribution in [3.63, 3.8) is 0 Å². The first-order valence-corrected chi connectivity index (χ1v) is 19.2. The van der Waals surface area contributed by atoms with Crippen LogP contribution in [0.2, 0.25) is 0 Å². The third kappa shape index (κ3) is 7.17. The number of aliphatic carboxylic acids is 1. The Morgan fingerprint density at radius 3 is 2.11 bits per heavy atom. The number of amides is 1. The number of benzene rings is 3. The third-order valence-electron chi connectivity index (χ3n) is 11.6. The summed E-state index contributed by atoms with van der Waals surface area (Å²) in [7, 11) is 4.16. The minimum absolute atomic E-state index is 0.0203. The highest BCUT2D eigenvalue weighted by Gasteiger charge is 2.51. The lowest BCUT2D eigenvalue weighted by molar-refractivity contribution is -0.339. The van der Waals surface area contributed by atoms with E-state index in [9.17, 15) is 60.0 Å². The molecule has 1 amide bonds. The molecular formula is C41H46N2O18. The van der Waals surface area contributed by atoms with E-state index in [0.717, 1.165) is 6.07 Å². The molecule has 0 aromatic heterocycles. The molecular weight excluding hydrogens is 808 g/mol. The van der Waals surface area contributed by atoms with E-state index in [1.54, 1.807) is 14.0 Å². The fourth-order valence-electron chi connectivity index (χ4n) is 8.44. The van der Waals surface area contributed by atoms with Crippen molar-refractivity contribution in [1.29, 1.82) is 0 Å². The summed E-state index contributed by atoms with van der Waals surface area (Å²) in [5.74, 6) is -5.57. The second kappa shape index (κ2) is 16.5. The Balaban J connectivity index is 1.37. The van der Waals surface area contributed by atoms with Gasteiger partial charge in [0.25, 0.3) is 5.91 Å². The molecule has 4 aliphatic rings. The van der Waals surface area contributed by atoms with Crippen molar-refractivity contribution >= 4 is 23.4 Å². The van der Waals surface area contributed by atoms with E-state index in [4.69, 9.17) is 28.4 Å². The van der Waals surface area contributed by atoms with Crippen LogP contribution in [0.15, 0.2) is 24.3 Å². The van der Waals surface area contributed by atoms with Crippen LogP contribution in [0.3, 0.4) is 0 Å². The number of carboxylic acid groups (broad SMARTS) is 1. The molecule has 10 N–H and O–H groups in total. The van der Waals surface area contributed by atoms with Gasteiger partial charge in [0.05, 0.1) is 49.7 Å². The van der Waals surface area contributed by atoms with Crippen molar-refractivity contribution in [1.82, 2.24) is 10.6 Å². The number of phenolic OH excluding ortho intramolecular Hbond substituents is 2. The van der Waals surface area contributed by atoms with Crippen LogP contribution in [0.5, 0.6) is 23.0 Å². The number of nitrogens with one attached hydrogen (secondary N) is 2. The van der Waals surface area contributed by atoms with E-state index in [2.05, 4.69) is 10.6 Å². The molecule has 3 aromatic carbocycles. The van der Waals surface area contributed by atoms with Gasteiger partial charge in [-0.1, -0.05) is 6.07 Å². The van der Waals surface area contributed by atoms with Gasteiger partial charge in [0.15, 0.2) is 24.1 Å². The number of hydrogen-bond acceptors (Lipinski definition) is 18. The zero-order valence-corrected chi connectivity index (χ0v) is 33.6. The maximum Gasteiger partial charge on any atom is 0.325 e. The molecule has 61 heavy (non-hydrogen) atoms. The minimum Gasteiger partial charge on any atom is -0.506 e. The lowest BCUT2D eigenvalue weighted by Gasteiger charge is -2.47. The fraction of sp³-hybridized carbons (Fsp3) is 0.463. The number of carboxylic acids is 1. The van der Waals surface area contributed by atoms with E-state index in [1.807, 2.05) is 0 Å². The normalized spacial score (nSPS) is 29.7. The Morgan fingerprint density at radius 1 is 0.820 bits per heavy atom. The average Bonchev–Trinajstić information content (AvgIpc) is 3.22. The van der Waals surface area contributed by atoms with Crippen molar-refractivity contribution in [2.24, 2.45) is 0 Å².